The van der Waals surface area contributed by atoms with Crippen LogP contribution in [0.5, 0.6) is 0 Å². The fraction of sp³-hybridized carbons (Fsp3) is 0.412. The zero-order valence-corrected chi connectivity index (χ0v) is 27.3. The predicted octanol–water partition coefficient (Wildman–Crippen LogP) is 8.07. The summed E-state index contributed by atoms with van der Waals surface area (Å²) in [5.74, 6) is 1.17. The molecule has 2 heterocycles. The predicted molar refractivity (Wildman–Crippen MR) is 173 cm³/mol. The molecule has 2 amide bonds. The first-order valence-corrected chi connectivity index (χ1v) is 14.7. The number of aromatic amines is 2. The van der Waals surface area contributed by atoms with Crippen molar-refractivity contribution in [2.24, 2.45) is 0 Å². The van der Waals surface area contributed by atoms with Gasteiger partial charge in [-0.25, -0.2) is 19.6 Å². The SMILES string of the molecule is C[C@@H](c1ncc(-c2ccc(-c3ccc(-c4cnc([C@H](C)N(C)C(=O)O)[nH]4)c(C(C)(C)C)c3C(C)(C)C)cc2)[nH]1)N(C)C(=O)O. The average molecular weight is 601 g/mol. The van der Waals surface area contributed by atoms with Crippen LogP contribution < -0.4 is 0 Å². The van der Waals surface area contributed by atoms with Gasteiger partial charge in [0, 0.05) is 19.7 Å². The van der Waals surface area contributed by atoms with Crippen molar-refractivity contribution in [3.8, 4) is 33.6 Å². The third-order valence-electron chi connectivity index (χ3n) is 8.25. The molecule has 10 nitrogen and oxygen atoms in total. The van der Waals surface area contributed by atoms with Gasteiger partial charge in [0.05, 0.1) is 35.9 Å². The van der Waals surface area contributed by atoms with Crippen LogP contribution in [0, 0.1) is 0 Å². The van der Waals surface area contributed by atoms with Crippen LogP contribution in [0.15, 0.2) is 48.8 Å². The van der Waals surface area contributed by atoms with Crippen molar-refractivity contribution < 1.29 is 19.8 Å². The molecule has 4 N–H and O–H groups in total. The third kappa shape index (κ3) is 6.34. The average Bonchev–Trinajstić information content (AvgIpc) is 3.65. The molecule has 0 unspecified atom stereocenters. The Morgan fingerprint density at radius 1 is 0.659 bits per heavy atom. The van der Waals surface area contributed by atoms with Crippen LogP contribution in [0.25, 0.3) is 33.6 Å². The van der Waals surface area contributed by atoms with E-state index >= 15 is 0 Å². The Morgan fingerprint density at radius 3 is 1.50 bits per heavy atom. The summed E-state index contributed by atoms with van der Waals surface area (Å²) in [6.45, 7) is 16.9. The number of carbonyl (C=O) groups is 2. The van der Waals surface area contributed by atoms with Gasteiger partial charge in [-0.05, 0) is 52.5 Å². The van der Waals surface area contributed by atoms with E-state index in [4.69, 9.17) is 0 Å². The fourth-order valence-electron chi connectivity index (χ4n) is 5.53. The van der Waals surface area contributed by atoms with E-state index in [1.807, 2.05) is 6.92 Å². The Bertz CT molecular complexity index is 1660. The van der Waals surface area contributed by atoms with Gasteiger partial charge in [-0.15, -0.1) is 0 Å². The second kappa shape index (κ2) is 11.8. The molecule has 44 heavy (non-hydrogen) atoms. The summed E-state index contributed by atoms with van der Waals surface area (Å²) in [6.07, 6.45) is 1.51. The molecular formula is C34H44N6O4. The van der Waals surface area contributed by atoms with Gasteiger partial charge in [0.1, 0.15) is 11.6 Å². The van der Waals surface area contributed by atoms with Crippen molar-refractivity contribution in [3.63, 3.8) is 0 Å². The number of imidazole rings is 2. The summed E-state index contributed by atoms with van der Waals surface area (Å²) in [5, 5.41) is 18.8. The molecule has 10 heteroatoms. The van der Waals surface area contributed by atoms with Crippen molar-refractivity contribution >= 4 is 12.2 Å². The Morgan fingerprint density at radius 2 is 1.05 bits per heavy atom. The minimum Gasteiger partial charge on any atom is -0.465 e. The molecule has 0 aliphatic heterocycles. The lowest BCUT2D eigenvalue weighted by atomic mass is 9.70. The Labute approximate surface area is 259 Å². The molecule has 234 valence electrons. The van der Waals surface area contributed by atoms with Gasteiger partial charge in [0.25, 0.3) is 0 Å². The summed E-state index contributed by atoms with van der Waals surface area (Å²) < 4.78 is 0. The van der Waals surface area contributed by atoms with Crippen LogP contribution in [-0.2, 0) is 10.8 Å². The molecule has 2 aromatic heterocycles. The number of aromatic nitrogens is 4. The van der Waals surface area contributed by atoms with Gasteiger partial charge in [0.2, 0.25) is 0 Å². The summed E-state index contributed by atoms with van der Waals surface area (Å²) >= 11 is 0. The van der Waals surface area contributed by atoms with E-state index in [1.165, 1.54) is 35.0 Å². The normalized spacial score (nSPS) is 13.4. The molecule has 0 aliphatic carbocycles. The van der Waals surface area contributed by atoms with E-state index in [0.717, 1.165) is 33.6 Å². The van der Waals surface area contributed by atoms with Crippen molar-refractivity contribution in [2.45, 2.75) is 78.3 Å². The topological polar surface area (TPSA) is 138 Å². The number of nitrogens with zero attached hydrogens (tertiary/aromatic N) is 4. The standard InChI is InChI=1S/C34H44N6O4/c1-19(39(9)31(41)42)29-35-17-25(37-29)22-13-11-21(12-14-22)23-15-16-24(28(34(6,7)8)27(23)33(3,4)5)26-18-36-30(38-26)20(2)40(10)32(43)44/h11-20H,1-10H3,(H,35,37)(H,36,38)(H,41,42)(H,43,44)/t19-,20-/m0/s1. The number of nitrogens with one attached hydrogen (secondary N) is 2. The maximum atomic E-state index is 11.5. The molecule has 0 spiro atoms. The van der Waals surface area contributed by atoms with Crippen molar-refractivity contribution in [1.82, 2.24) is 29.7 Å². The summed E-state index contributed by atoms with van der Waals surface area (Å²) in [5.41, 5.74) is 7.90. The molecule has 4 rings (SSSR count). The molecule has 0 bridgehead atoms. The van der Waals surface area contributed by atoms with Crippen LogP contribution in [0.3, 0.4) is 0 Å². The molecule has 0 radical (unpaired) electrons. The molecule has 0 fully saturated rings. The third-order valence-corrected chi connectivity index (χ3v) is 8.25. The Kier molecular flexibility index (Phi) is 8.68. The highest BCUT2D eigenvalue weighted by molar-refractivity contribution is 5.79. The second-order valence-electron chi connectivity index (χ2n) is 13.5. The van der Waals surface area contributed by atoms with Crippen molar-refractivity contribution in [3.05, 3.63) is 71.6 Å². The van der Waals surface area contributed by atoms with Crippen LogP contribution in [0.1, 0.15) is 90.2 Å². The number of H-pyrrole nitrogens is 2. The van der Waals surface area contributed by atoms with Crippen LogP contribution in [0.2, 0.25) is 0 Å². The number of hydrogen-bond acceptors (Lipinski definition) is 4. The molecule has 0 saturated carbocycles. The van der Waals surface area contributed by atoms with E-state index in [1.54, 1.807) is 19.3 Å². The highest BCUT2D eigenvalue weighted by Crippen LogP contribution is 2.45. The largest absolute Gasteiger partial charge is 0.465 e. The van der Waals surface area contributed by atoms with Crippen LogP contribution in [0.4, 0.5) is 9.59 Å². The molecule has 0 aliphatic rings. The minimum absolute atomic E-state index is 0.198. The van der Waals surface area contributed by atoms with E-state index in [0.29, 0.717) is 11.6 Å². The zero-order chi connectivity index (χ0) is 32.7. The van der Waals surface area contributed by atoms with Gasteiger partial charge >= 0.3 is 12.2 Å². The summed E-state index contributed by atoms with van der Waals surface area (Å²) in [4.78, 5) is 41.0. The van der Waals surface area contributed by atoms with Crippen molar-refractivity contribution in [1.29, 1.82) is 0 Å². The lowest BCUT2D eigenvalue weighted by Crippen LogP contribution is -2.28. The highest BCUT2D eigenvalue weighted by Gasteiger charge is 2.32. The first kappa shape index (κ1) is 32.3. The second-order valence-corrected chi connectivity index (χ2v) is 13.5. The number of rotatable bonds is 7. The van der Waals surface area contributed by atoms with E-state index < -0.39 is 24.3 Å². The summed E-state index contributed by atoms with van der Waals surface area (Å²) in [6, 6.07) is 11.8. The molecule has 2 atom stereocenters. The minimum atomic E-state index is -1.01. The lowest BCUT2D eigenvalue weighted by Gasteiger charge is -2.34. The van der Waals surface area contributed by atoms with Gasteiger partial charge in [-0.3, -0.25) is 0 Å². The first-order valence-electron chi connectivity index (χ1n) is 14.7. The van der Waals surface area contributed by atoms with Crippen LogP contribution in [-0.4, -0.2) is 66.2 Å². The molecule has 4 aromatic rings. The molecule has 0 saturated heterocycles. The highest BCUT2D eigenvalue weighted by atomic mass is 16.4. The number of benzene rings is 2. The van der Waals surface area contributed by atoms with Crippen molar-refractivity contribution in [2.75, 3.05) is 14.1 Å². The fourth-order valence-corrected chi connectivity index (χ4v) is 5.53. The maximum absolute atomic E-state index is 11.5. The van der Waals surface area contributed by atoms with E-state index in [2.05, 4.69) is 97.9 Å². The first-order chi connectivity index (χ1) is 20.4. The molecular weight excluding hydrogens is 556 g/mol. The molecule has 2 aromatic carbocycles. The number of amides is 2. The van der Waals surface area contributed by atoms with Gasteiger partial charge < -0.3 is 30.0 Å². The van der Waals surface area contributed by atoms with Gasteiger partial charge in [-0.1, -0.05) is 77.9 Å². The monoisotopic (exact) mass is 600 g/mol. The lowest BCUT2D eigenvalue weighted by molar-refractivity contribution is 0.139. The Hall–Kier alpha value is -4.60. The number of hydrogen-bond donors (Lipinski definition) is 4. The Balaban J connectivity index is 1.78. The quantitative estimate of drug-likeness (QED) is 0.169. The van der Waals surface area contributed by atoms with Gasteiger partial charge in [0.15, 0.2) is 0 Å². The number of carboxylic acid groups (broad SMARTS) is 2. The maximum Gasteiger partial charge on any atom is 0.407 e. The summed E-state index contributed by atoms with van der Waals surface area (Å²) in [7, 11) is 3.06. The van der Waals surface area contributed by atoms with E-state index in [9.17, 15) is 19.8 Å². The van der Waals surface area contributed by atoms with Crippen LogP contribution >= 0.6 is 0 Å². The van der Waals surface area contributed by atoms with E-state index in [-0.39, 0.29) is 10.8 Å². The smallest absolute Gasteiger partial charge is 0.407 e. The zero-order valence-electron chi connectivity index (χ0n) is 27.3. The van der Waals surface area contributed by atoms with Gasteiger partial charge in [-0.2, -0.15) is 0 Å².